The van der Waals surface area contributed by atoms with Crippen molar-refractivity contribution < 1.29 is 9.52 Å². The van der Waals surface area contributed by atoms with E-state index < -0.39 is 5.60 Å². The van der Waals surface area contributed by atoms with E-state index in [4.69, 9.17) is 4.42 Å². The zero-order valence-corrected chi connectivity index (χ0v) is 11.7. The molecule has 1 aliphatic carbocycles. The zero-order chi connectivity index (χ0) is 11.9. The van der Waals surface area contributed by atoms with Crippen LogP contribution < -0.4 is 0 Å². The van der Waals surface area contributed by atoms with E-state index in [1.54, 1.807) is 17.6 Å². The molecule has 0 saturated carbocycles. The van der Waals surface area contributed by atoms with Crippen LogP contribution in [0.15, 0.2) is 32.7 Å². The summed E-state index contributed by atoms with van der Waals surface area (Å²) in [5.41, 5.74) is 0.235. The maximum atomic E-state index is 10.8. The van der Waals surface area contributed by atoms with Gasteiger partial charge in [-0.2, -0.15) is 0 Å². The van der Waals surface area contributed by atoms with Gasteiger partial charge in [0.1, 0.15) is 5.76 Å². The molecule has 1 aliphatic rings. The van der Waals surface area contributed by atoms with E-state index in [0.717, 1.165) is 35.1 Å². The average Bonchev–Trinajstić information content (AvgIpc) is 2.88. The molecule has 1 N–H and O–H groups in total. The predicted molar refractivity (Wildman–Crippen MR) is 71.3 cm³/mol. The first-order chi connectivity index (χ1) is 8.17. The minimum absolute atomic E-state index is 0.676. The topological polar surface area (TPSA) is 33.4 Å². The van der Waals surface area contributed by atoms with Crippen LogP contribution in [-0.2, 0) is 18.4 Å². The predicted octanol–water partition coefficient (Wildman–Crippen LogP) is 3.87. The highest BCUT2D eigenvalue weighted by Gasteiger charge is 2.36. The van der Waals surface area contributed by atoms with Crippen LogP contribution >= 0.6 is 27.3 Å². The molecule has 0 saturated heterocycles. The minimum Gasteiger partial charge on any atom is -0.469 e. The van der Waals surface area contributed by atoms with Gasteiger partial charge in [-0.1, -0.05) is 0 Å². The molecule has 3 rings (SSSR count). The number of hydrogen-bond acceptors (Lipinski definition) is 3. The van der Waals surface area contributed by atoms with Gasteiger partial charge in [0.05, 0.1) is 11.9 Å². The van der Waals surface area contributed by atoms with Gasteiger partial charge in [-0.05, 0) is 40.9 Å². The van der Waals surface area contributed by atoms with E-state index in [0.29, 0.717) is 6.42 Å². The summed E-state index contributed by atoms with van der Waals surface area (Å²) in [5, 5.41) is 12.9. The molecule has 17 heavy (non-hydrogen) atoms. The number of rotatable bonds is 2. The Kier molecular flexibility index (Phi) is 2.89. The number of thiophene rings is 1. The largest absolute Gasteiger partial charge is 0.469 e. The molecule has 2 heterocycles. The molecule has 4 heteroatoms. The lowest BCUT2D eigenvalue weighted by Gasteiger charge is -2.31. The van der Waals surface area contributed by atoms with Crippen molar-refractivity contribution in [1.29, 1.82) is 0 Å². The summed E-state index contributed by atoms with van der Waals surface area (Å²) in [4.78, 5) is 1.20. The van der Waals surface area contributed by atoms with Gasteiger partial charge in [-0.3, -0.25) is 0 Å². The Balaban J connectivity index is 1.92. The van der Waals surface area contributed by atoms with Crippen molar-refractivity contribution in [1.82, 2.24) is 0 Å². The second kappa shape index (κ2) is 4.26. The van der Waals surface area contributed by atoms with E-state index in [1.807, 2.05) is 6.07 Å². The fourth-order valence-corrected chi connectivity index (χ4v) is 4.10. The summed E-state index contributed by atoms with van der Waals surface area (Å²) in [6.45, 7) is 0. The van der Waals surface area contributed by atoms with E-state index in [2.05, 4.69) is 27.4 Å². The molecule has 0 fully saturated rings. The zero-order valence-electron chi connectivity index (χ0n) is 9.28. The van der Waals surface area contributed by atoms with Crippen molar-refractivity contribution in [3.63, 3.8) is 0 Å². The highest BCUT2D eigenvalue weighted by molar-refractivity contribution is 9.10. The van der Waals surface area contributed by atoms with Gasteiger partial charge in [0.15, 0.2) is 0 Å². The summed E-state index contributed by atoms with van der Waals surface area (Å²) in [5.74, 6) is 0.953. The van der Waals surface area contributed by atoms with Gasteiger partial charge in [0.25, 0.3) is 0 Å². The van der Waals surface area contributed by atoms with Crippen LogP contribution in [0.5, 0.6) is 0 Å². The van der Waals surface area contributed by atoms with Crippen LogP contribution in [0.25, 0.3) is 0 Å². The Labute approximate surface area is 112 Å². The standard InChI is InChI=1S/C13H13BrO2S/c14-9-6-10(17-8-9)7-13(15)4-1-2-12-11(13)3-5-16-12/h3,5-6,8,15H,1-2,4,7H2. The molecule has 0 radical (unpaired) electrons. The maximum Gasteiger partial charge on any atom is 0.109 e. The monoisotopic (exact) mass is 312 g/mol. The Hall–Kier alpha value is -0.580. The van der Waals surface area contributed by atoms with Crippen LogP contribution in [0.2, 0.25) is 0 Å². The summed E-state index contributed by atoms with van der Waals surface area (Å²) in [6.07, 6.45) is 5.11. The van der Waals surface area contributed by atoms with Gasteiger partial charge in [0, 0.05) is 33.1 Å². The van der Waals surface area contributed by atoms with Crippen LogP contribution in [0, 0.1) is 0 Å². The minimum atomic E-state index is -0.745. The van der Waals surface area contributed by atoms with Crippen LogP contribution in [0.3, 0.4) is 0 Å². The van der Waals surface area contributed by atoms with Crippen molar-refractivity contribution in [3.05, 3.63) is 44.4 Å². The summed E-state index contributed by atoms with van der Waals surface area (Å²) in [7, 11) is 0. The number of aliphatic hydroxyl groups is 1. The fourth-order valence-electron chi connectivity index (χ4n) is 2.54. The lowest BCUT2D eigenvalue weighted by molar-refractivity contribution is 0.0176. The number of halogens is 1. The summed E-state index contributed by atoms with van der Waals surface area (Å²) in [6, 6.07) is 3.99. The molecule has 2 aromatic heterocycles. The highest BCUT2D eigenvalue weighted by atomic mass is 79.9. The maximum absolute atomic E-state index is 10.8. The molecular formula is C13H13BrO2S. The molecular weight excluding hydrogens is 300 g/mol. The first kappa shape index (κ1) is 11.5. The van der Waals surface area contributed by atoms with Crippen molar-refractivity contribution in [2.24, 2.45) is 0 Å². The molecule has 1 atom stereocenters. The number of fused-ring (bicyclic) bond motifs is 1. The average molecular weight is 313 g/mol. The molecule has 90 valence electrons. The van der Waals surface area contributed by atoms with Crippen molar-refractivity contribution in [2.45, 2.75) is 31.3 Å². The van der Waals surface area contributed by atoms with Gasteiger partial charge in [-0.25, -0.2) is 0 Å². The normalized spacial score (nSPS) is 23.6. The summed E-state index contributed by atoms with van der Waals surface area (Å²) >= 11 is 5.13. The van der Waals surface area contributed by atoms with Gasteiger partial charge >= 0.3 is 0 Å². The van der Waals surface area contributed by atoms with E-state index >= 15 is 0 Å². The Morgan fingerprint density at radius 2 is 2.41 bits per heavy atom. The molecule has 2 nitrogen and oxygen atoms in total. The molecule has 0 aromatic carbocycles. The second-order valence-electron chi connectivity index (χ2n) is 4.55. The Bertz CT molecular complexity index is 531. The van der Waals surface area contributed by atoms with Crippen molar-refractivity contribution in [3.8, 4) is 0 Å². The molecule has 0 amide bonds. The SMILES string of the molecule is OC1(Cc2cc(Br)cs2)CCCc2occc21. The lowest BCUT2D eigenvalue weighted by atomic mass is 9.80. The number of aryl methyl sites for hydroxylation is 1. The molecule has 0 bridgehead atoms. The van der Waals surface area contributed by atoms with E-state index in [9.17, 15) is 5.11 Å². The second-order valence-corrected chi connectivity index (χ2v) is 6.46. The van der Waals surface area contributed by atoms with E-state index in [-0.39, 0.29) is 0 Å². The van der Waals surface area contributed by atoms with Gasteiger partial charge < -0.3 is 9.52 Å². The molecule has 2 aromatic rings. The first-order valence-electron chi connectivity index (χ1n) is 5.69. The van der Waals surface area contributed by atoms with Crippen LogP contribution in [-0.4, -0.2) is 5.11 Å². The van der Waals surface area contributed by atoms with Crippen LogP contribution in [0.1, 0.15) is 29.0 Å². The van der Waals surface area contributed by atoms with Crippen LogP contribution in [0.4, 0.5) is 0 Å². The van der Waals surface area contributed by atoms with E-state index in [1.165, 1.54) is 4.88 Å². The van der Waals surface area contributed by atoms with Crippen molar-refractivity contribution >= 4 is 27.3 Å². The highest BCUT2D eigenvalue weighted by Crippen LogP contribution is 2.39. The summed E-state index contributed by atoms with van der Waals surface area (Å²) < 4.78 is 6.52. The quantitative estimate of drug-likeness (QED) is 0.913. The molecule has 1 unspecified atom stereocenters. The van der Waals surface area contributed by atoms with Gasteiger partial charge in [-0.15, -0.1) is 11.3 Å². The third-order valence-corrected chi connectivity index (χ3v) is 5.03. The Morgan fingerprint density at radius 1 is 1.53 bits per heavy atom. The first-order valence-corrected chi connectivity index (χ1v) is 7.37. The smallest absolute Gasteiger partial charge is 0.109 e. The molecule has 0 aliphatic heterocycles. The fraction of sp³-hybridized carbons (Fsp3) is 0.385. The number of furan rings is 1. The Morgan fingerprint density at radius 3 is 3.18 bits per heavy atom. The third-order valence-electron chi connectivity index (χ3n) is 3.33. The van der Waals surface area contributed by atoms with Crippen molar-refractivity contribution in [2.75, 3.05) is 0 Å². The third kappa shape index (κ3) is 2.09. The molecule has 0 spiro atoms. The number of hydrogen-bond donors (Lipinski definition) is 1. The lowest BCUT2D eigenvalue weighted by Crippen LogP contribution is -2.31. The van der Waals surface area contributed by atoms with Gasteiger partial charge in [0.2, 0.25) is 0 Å².